The summed E-state index contributed by atoms with van der Waals surface area (Å²) in [6, 6.07) is 65.7. The maximum atomic E-state index is 6.59. The van der Waals surface area contributed by atoms with Crippen molar-refractivity contribution >= 4 is 87.0 Å². The van der Waals surface area contributed by atoms with Crippen molar-refractivity contribution in [2.75, 3.05) is 0 Å². The molecule has 2 aromatic heterocycles. The average molecular weight is 687 g/mol. The van der Waals surface area contributed by atoms with Crippen molar-refractivity contribution in [1.29, 1.82) is 0 Å². The van der Waals surface area contributed by atoms with Crippen molar-refractivity contribution in [2.24, 2.45) is 0 Å². The van der Waals surface area contributed by atoms with Gasteiger partial charge in [0.05, 0.1) is 5.39 Å². The Morgan fingerprint density at radius 2 is 0.796 bits per heavy atom. The van der Waals surface area contributed by atoms with E-state index in [0.29, 0.717) is 0 Å². The van der Waals surface area contributed by atoms with Crippen LogP contribution in [0.25, 0.3) is 120 Å². The van der Waals surface area contributed by atoms with Gasteiger partial charge in [0, 0.05) is 16.2 Å². The fraction of sp³-hybridized carbons (Fsp3) is 0. The maximum absolute atomic E-state index is 6.59. The number of hydrogen-bond donors (Lipinski definition) is 0. The van der Waals surface area contributed by atoms with Gasteiger partial charge in [-0.15, -0.1) is 0 Å². The molecule has 12 rings (SSSR count). The minimum Gasteiger partial charge on any atom is -0.456 e. The van der Waals surface area contributed by atoms with Crippen LogP contribution in [-0.2, 0) is 0 Å². The molecule has 0 fully saturated rings. The van der Waals surface area contributed by atoms with Crippen LogP contribution in [0, 0.1) is 0 Å². The van der Waals surface area contributed by atoms with Crippen LogP contribution in [0.4, 0.5) is 0 Å². The molecule has 10 aromatic carbocycles. The lowest BCUT2D eigenvalue weighted by molar-refractivity contribution is 0.663. The molecule has 0 spiro atoms. The Balaban J connectivity index is 1.03. The quantitative estimate of drug-likeness (QED) is 0.173. The number of benzene rings is 10. The molecule has 0 atom stereocenters. The van der Waals surface area contributed by atoms with Gasteiger partial charge in [-0.25, -0.2) is 0 Å². The minimum absolute atomic E-state index is 0.830. The number of furan rings is 2. The van der Waals surface area contributed by atoms with E-state index < -0.39 is 0 Å². The smallest absolute Gasteiger partial charge is 0.147 e. The first kappa shape index (κ1) is 29.4. The highest BCUT2D eigenvalue weighted by atomic mass is 16.3. The number of fused-ring (bicyclic) bond motifs is 12. The molecule has 0 amide bonds. The van der Waals surface area contributed by atoms with E-state index in [1.807, 2.05) is 0 Å². The van der Waals surface area contributed by atoms with Crippen molar-refractivity contribution < 1.29 is 8.83 Å². The molecule has 0 radical (unpaired) electrons. The normalized spacial score (nSPS) is 12.1. The lowest BCUT2D eigenvalue weighted by Crippen LogP contribution is -1.91. The standard InChI is InChI=1S/C52H30O2/c1-2-12-33-28-37(21-20-31(33)10-1)49-41-18-7-5-16-39(41)48(40-17-6-8-19-42(40)49)36-14-9-13-34(29-36)35-22-24-43-47(30-35)53-46-27-25-44-50-38-15-4-3-11-32(38)23-26-45(50)54-52(44)51(43)46/h1-30H. The Bertz CT molecular complexity index is 3450. The zero-order valence-electron chi connectivity index (χ0n) is 29.1. The summed E-state index contributed by atoms with van der Waals surface area (Å²) in [4.78, 5) is 0. The van der Waals surface area contributed by atoms with Gasteiger partial charge in [-0.1, -0.05) is 140 Å². The fourth-order valence-electron chi connectivity index (χ4n) is 8.99. The Kier molecular flexibility index (Phi) is 6.09. The Labute approximate surface area is 310 Å². The van der Waals surface area contributed by atoms with Crippen molar-refractivity contribution in [3.8, 4) is 33.4 Å². The molecule has 0 bridgehead atoms. The average Bonchev–Trinajstić information content (AvgIpc) is 3.81. The van der Waals surface area contributed by atoms with Crippen LogP contribution < -0.4 is 0 Å². The fourth-order valence-corrected chi connectivity index (χ4v) is 8.99. The summed E-state index contributed by atoms with van der Waals surface area (Å²) in [6.07, 6.45) is 0. The first-order chi connectivity index (χ1) is 26.8. The zero-order chi connectivity index (χ0) is 35.3. The summed E-state index contributed by atoms with van der Waals surface area (Å²) < 4.78 is 13.1. The van der Waals surface area contributed by atoms with Crippen LogP contribution in [-0.4, -0.2) is 0 Å². The van der Waals surface area contributed by atoms with Gasteiger partial charge >= 0.3 is 0 Å². The van der Waals surface area contributed by atoms with E-state index in [2.05, 4.69) is 182 Å². The van der Waals surface area contributed by atoms with Crippen molar-refractivity contribution in [3.05, 3.63) is 182 Å². The van der Waals surface area contributed by atoms with Crippen LogP contribution in [0.3, 0.4) is 0 Å². The van der Waals surface area contributed by atoms with Crippen LogP contribution in [0.1, 0.15) is 0 Å². The first-order valence-electron chi connectivity index (χ1n) is 18.5. The first-order valence-corrected chi connectivity index (χ1v) is 18.5. The van der Waals surface area contributed by atoms with Gasteiger partial charge in [-0.2, -0.15) is 0 Å². The molecule has 250 valence electrons. The molecular weight excluding hydrogens is 657 g/mol. The second-order valence-electron chi connectivity index (χ2n) is 14.4. The molecule has 0 saturated heterocycles. The highest BCUT2D eigenvalue weighted by molar-refractivity contribution is 6.27. The third kappa shape index (κ3) is 4.22. The van der Waals surface area contributed by atoms with Gasteiger partial charge < -0.3 is 8.83 Å². The summed E-state index contributed by atoms with van der Waals surface area (Å²) in [6.45, 7) is 0. The zero-order valence-corrected chi connectivity index (χ0v) is 29.1. The SMILES string of the molecule is c1cc(-c2ccc3c(c2)oc2ccc4c(oc5ccc6ccccc6c54)c23)cc(-c2c3ccccc3c(-c3ccc4ccccc4c3)c3ccccc23)c1. The van der Waals surface area contributed by atoms with Crippen LogP contribution in [0.2, 0.25) is 0 Å². The molecule has 0 unspecified atom stereocenters. The number of rotatable bonds is 3. The van der Waals surface area contributed by atoms with Gasteiger partial charge in [-0.3, -0.25) is 0 Å². The topological polar surface area (TPSA) is 26.3 Å². The van der Waals surface area contributed by atoms with E-state index in [4.69, 9.17) is 8.83 Å². The van der Waals surface area contributed by atoms with Crippen molar-refractivity contribution in [2.45, 2.75) is 0 Å². The molecular formula is C52H30O2. The summed E-state index contributed by atoms with van der Waals surface area (Å²) in [5.41, 5.74) is 10.6. The van der Waals surface area contributed by atoms with E-state index in [1.165, 1.54) is 65.3 Å². The Morgan fingerprint density at radius 3 is 1.56 bits per heavy atom. The summed E-state index contributed by atoms with van der Waals surface area (Å²) in [5.74, 6) is 0. The predicted octanol–water partition coefficient (Wildman–Crippen LogP) is 15.1. The van der Waals surface area contributed by atoms with Crippen LogP contribution in [0.5, 0.6) is 0 Å². The molecule has 0 N–H and O–H groups in total. The Hall–Kier alpha value is -7.16. The second-order valence-corrected chi connectivity index (χ2v) is 14.4. The molecule has 2 heteroatoms. The maximum Gasteiger partial charge on any atom is 0.147 e. The second kappa shape index (κ2) is 11.2. The van der Waals surface area contributed by atoms with Crippen LogP contribution >= 0.6 is 0 Å². The molecule has 0 aliphatic rings. The molecule has 54 heavy (non-hydrogen) atoms. The predicted molar refractivity (Wildman–Crippen MR) is 227 cm³/mol. The van der Waals surface area contributed by atoms with Gasteiger partial charge in [0.2, 0.25) is 0 Å². The van der Waals surface area contributed by atoms with E-state index in [-0.39, 0.29) is 0 Å². The molecule has 0 aliphatic heterocycles. The Morgan fingerprint density at radius 1 is 0.259 bits per heavy atom. The molecule has 2 nitrogen and oxygen atoms in total. The van der Waals surface area contributed by atoms with E-state index in [9.17, 15) is 0 Å². The third-order valence-corrected chi connectivity index (χ3v) is 11.4. The summed E-state index contributed by atoms with van der Waals surface area (Å²) >= 11 is 0. The monoisotopic (exact) mass is 686 g/mol. The lowest BCUT2D eigenvalue weighted by Gasteiger charge is -2.18. The summed E-state index contributed by atoms with van der Waals surface area (Å²) in [7, 11) is 0. The van der Waals surface area contributed by atoms with Gasteiger partial charge in [-0.05, 0) is 119 Å². The molecule has 2 heterocycles. The highest BCUT2D eigenvalue weighted by Crippen LogP contribution is 2.46. The molecule has 0 saturated carbocycles. The van der Waals surface area contributed by atoms with Gasteiger partial charge in [0.25, 0.3) is 0 Å². The van der Waals surface area contributed by atoms with Crippen molar-refractivity contribution in [1.82, 2.24) is 0 Å². The van der Waals surface area contributed by atoms with E-state index >= 15 is 0 Å². The third-order valence-electron chi connectivity index (χ3n) is 11.4. The molecule has 0 aliphatic carbocycles. The summed E-state index contributed by atoms with van der Waals surface area (Å²) in [5, 5.41) is 14.2. The van der Waals surface area contributed by atoms with E-state index in [1.54, 1.807) is 0 Å². The van der Waals surface area contributed by atoms with Crippen LogP contribution in [0.15, 0.2) is 191 Å². The van der Waals surface area contributed by atoms with E-state index in [0.717, 1.165) is 55.0 Å². The lowest BCUT2D eigenvalue weighted by atomic mass is 9.85. The van der Waals surface area contributed by atoms with Crippen molar-refractivity contribution in [3.63, 3.8) is 0 Å². The molecule has 12 aromatic rings. The number of hydrogen-bond acceptors (Lipinski definition) is 2. The van der Waals surface area contributed by atoms with Gasteiger partial charge in [0.1, 0.15) is 22.3 Å². The minimum atomic E-state index is 0.830. The largest absolute Gasteiger partial charge is 0.456 e. The van der Waals surface area contributed by atoms with Gasteiger partial charge in [0.15, 0.2) is 0 Å². The highest BCUT2D eigenvalue weighted by Gasteiger charge is 2.20.